The molecule has 1 fully saturated rings. The molecule has 1 atom stereocenters. The fourth-order valence-electron chi connectivity index (χ4n) is 2.40. The molecule has 0 amide bonds. The van der Waals surface area contributed by atoms with Gasteiger partial charge in [-0.05, 0) is 25.5 Å². The zero-order valence-electron chi connectivity index (χ0n) is 10.3. The lowest BCUT2D eigenvalue weighted by atomic mass is 10.1. The first-order chi connectivity index (χ1) is 8.74. The van der Waals surface area contributed by atoms with Crippen LogP contribution in [0.2, 0.25) is 0 Å². The number of ketones is 1. The van der Waals surface area contributed by atoms with Crippen molar-refractivity contribution in [3.63, 3.8) is 0 Å². The van der Waals surface area contributed by atoms with E-state index in [4.69, 9.17) is 0 Å². The van der Waals surface area contributed by atoms with Crippen molar-refractivity contribution in [1.29, 1.82) is 0 Å². The third kappa shape index (κ3) is 1.94. The van der Waals surface area contributed by atoms with Gasteiger partial charge in [-0.25, -0.2) is 4.98 Å². The number of hydrogen-bond donors (Lipinski definition) is 0. The summed E-state index contributed by atoms with van der Waals surface area (Å²) in [5.74, 6) is 1.29. The van der Waals surface area contributed by atoms with Gasteiger partial charge in [-0.1, -0.05) is 12.1 Å². The number of fused-ring (bicyclic) bond motifs is 1. The molecule has 1 saturated heterocycles. The van der Waals surface area contributed by atoms with E-state index in [1.807, 2.05) is 24.3 Å². The van der Waals surface area contributed by atoms with Gasteiger partial charge in [0, 0.05) is 19.0 Å². The molecule has 0 aliphatic carbocycles. The Kier molecular flexibility index (Phi) is 2.70. The van der Waals surface area contributed by atoms with Gasteiger partial charge in [0.25, 0.3) is 0 Å². The Balaban J connectivity index is 1.89. The fraction of sp³-hybridized carbons (Fsp3) is 0.357. The maximum absolute atomic E-state index is 11.4. The summed E-state index contributed by atoms with van der Waals surface area (Å²) in [6.45, 7) is 3.32. The van der Waals surface area contributed by atoms with Crippen molar-refractivity contribution in [2.75, 3.05) is 18.0 Å². The molecule has 1 aromatic carbocycles. The second-order valence-corrected chi connectivity index (χ2v) is 4.76. The highest BCUT2D eigenvalue weighted by Gasteiger charge is 2.26. The number of hydrogen-bond acceptors (Lipinski definition) is 4. The third-order valence-electron chi connectivity index (χ3n) is 3.52. The maximum Gasteiger partial charge on any atom is 0.147 e. The van der Waals surface area contributed by atoms with Crippen LogP contribution in [-0.4, -0.2) is 28.8 Å². The Labute approximate surface area is 106 Å². The third-order valence-corrected chi connectivity index (χ3v) is 3.52. The van der Waals surface area contributed by atoms with Crippen LogP contribution in [0.4, 0.5) is 5.82 Å². The Morgan fingerprint density at radius 1 is 1.33 bits per heavy atom. The smallest absolute Gasteiger partial charge is 0.147 e. The van der Waals surface area contributed by atoms with Crippen LogP contribution in [0.5, 0.6) is 0 Å². The van der Waals surface area contributed by atoms with E-state index in [2.05, 4.69) is 14.9 Å². The summed E-state index contributed by atoms with van der Waals surface area (Å²) in [6, 6.07) is 7.83. The second kappa shape index (κ2) is 4.37. The second-order valence-electron chi connectivity index (χ2n) is 4.76. The number of rotatable bonds is 2. The zero-order valence-corrected chi connectivity index (χ0v) is 10.3. The lowest BCUT2D eigenvalue weighted by Gasteiger charge is -2.16. The van der Waals surface area contributed by atoms with Crippen LogP contribution in [0.25, 0.3) is 11.0 Å². The first kappa shape index (κ1) is 11.1. The minimum absolute atomic E-state index is 0.151. The molecule has 18 heavy (non-hydrogen) atoms. The molecular formula is C14H15N3O. The highest BCUT2D eigenvalue weighted by molar-refractivity contribution is 5.80. The summed E-state index contributed by atoms with van der Waals surface area (Å²) < 4.78 is 0. The number of anilines is 1. The summed E-state index contributed by atoms with van der Waals surface area (Å²) in [4.78, 5) is 22.5. The van der Waals surface area contributed by atoms with Crippen molar-refractivity contribution >= 4 is 22.6 Å². The maximum atomic E-state index is 11.4. The first-order valence-electron chi connectivity index (χ1n) is 6.21. The van der Waals surface area contributed by atoms with Gasteiger partial charge in [0.2, 0.25) is 0 Å². The Hall–Kier alpha value is -1.97. The molecule has 0 radical (unpaired) electrons. The predicted molar refractivity (Wildman–Crippen MR) is 70.5 cm³/mol. The van der Waals surface area contributed by atoms with E-state index in [1.54, 1.807) is 13.1 Å². The molecule has 2 aromatic rings. The van der Waals surface area contributed by atoms with Crippen molar-refractivity contribution in [3.05, 3.63) is 30.5 Å². The number of benzene rings is 1. The molecule has 92 valence electrons. The van der Waals surface area contributed by atoms with Crippen LogP contribution in [0.1, 0.15) is 13.3 Å². The van der Waals surface area contributed by atoms with Crippen molar-refractivity contribution in [3.8, 4) is 0 Å². The normalized spacial score (nSPS) is 19.4. The van der Waals surface area contributed by atoms with Gasteiger partial charge in [-0.2, -0.15) is 0 Å². The molecule has 3 rings (SSSR count). The molecular weight excluding hydrogens is 226 g/mol. The van der Waals surface area contributed by atoms with E-state index in [-0.39, 0.29) is 11.7 Å². The average molecular weight is 241 g/mol. The first-order valence-corrected chi connectivity index (χ1v) is 6.21. The number of aromatic nitrogens is 2. The number of para-hydroxylation sites is 2. The SMILES string of the molecule is CC(=O)[C@@H]1CCN(c2cnc3ccccc3n2)C1. The summed E-state index contributed by atoms with van der Waals surface area (Å²) >= 11 is 0. The molecule has 4 nitrogen and oxygen atoms in total. The van der Waals surface area contributed by atoms with Crippen LogP contribution in [0.15, 0.2) is 30.5 Å². The van der Waals surface area contributed by atoms with E-state index in [0.717, 1.165) is 36.4 Å². The average Bonchev–Trinajstić information content (AvgIpc) is 2.88. The monoisotopic (exact) mass is 241 g/mol. The standard InChI is InChI=1S/C14H15N3O/c1-10(18)11-6-7-17(9-11)14-8-15-12-4-2-3-5-13(12)16-14/h2-5,8,11H,6-7,9H2,1H3/t11-/m1/s1. The van der Waals surface area contributed by atoms with Crippen LogP contribution in [0.3, 0.4) is 0 Å². The number of carbonyl (C=O) groups is 1. The van der Waals surface area contributed by atoms with Gasteiger partial charge >= 0.3 is 0 Å². The Morgan fingerprint density at radius 2 is 2.11 bits per heavy atom. The van der Waals surface area contributed by atoms with Crippen molar-refractivity contribution in [2.45, 2.75) is 13.3 Å². The van der Waals surface area contributed by atoms with Crippen molar-refractivity contribution < 1.29 is 4.79 Å². The largest absolute Gasteiger partial charge is 0.355 e. The highest BCUT2D eigenvalue weighted by Crippen LogP contribution is 2.23. The Morgan fingerprint density at radius 3 is 2.83 bits per heavy atom. The van der Waals surface area contributed by atoms with Crippen LogP contribution in [0, 0.1) is 5.92 Å². The van der Waals surface area contributed by atoms with E-state index in [9.17, 15) is 4.79 Å². The van der Waals surface area contributed by atoms with E-state index < -0.39 is 0 Å². The fourth-order valence-corrected chi connectivity index (χ4v) is 2.40. The number of carbonyl (C=O) groups excluding carboxylic acids is 1. The lowest BCUT2D eigenvalue weighted by molar-refractivity contribution is -0.120. The minimum atomic E-state index is 0.151. The summed E-state index contributed by atoms with van der Waals surface area (Å²) in [7, 11) is 0. The zero-order chi connectivity index (χ0) is 12.5. The van der Waals surface area contributed by atoms with Crippen molar-refractivity contribution in [2.24, 2.45) is 5.92 Å². The van der Waals surface area contributed by atoms with E-state index in [1.165, 1.54) is 0 Å². The lowest BCUT2D eigenvalue weighted by Crippen LogP contribution is -2.22. The molecule has 2 heterocycles. The number of nitrogens with zero attached hydrogens (tertiary/aromatic N) is 3. The Bertz CT molecular complexity index is 596. The minimum Gasteiger partial charge on any atom is -0.355 e. The van der Waals surface area contributed by atoms with Gasteiger partial charge in [-0.15, -0.1) is 0 Å². The summed E-state index contributed by atoms with van der Waals surface area (Å²) in [5.41, 5.74) is 1.81. The summed E-state index contributed by atoms with van der Waals surface area (Å²) in [5, 5.41) is 0. The highest BCUT2D eigenvalue weighted by atomic mass is 16.1. The topological polar surface area (TPSA) is 46.1 Å². The van der Waals surface area contributed by atoms with Gasteiger partial charge < -0.3 is 4.90 Å². The van der Waals surface area contributed by atoms with Gasteiger partial charge in [0.05, 0.1) is 17.2 Å². The van der Waals surface area contributed by atoms with Crippen LogP contribution in [-0.2, 0) is 4.79 Å². The van der Waals surface area contributed by atoms with Crippen molar-refractivity contribution in [1.82, 2.24) is 9.97 Å². The molecule has 0 bridgehead atoms. The number of Topliss-reactive ketones (excluding diaryl/α,β-unsaturated/α-hetero) is 1. The molecule has 0 unspecified atom stereocenters. The van der Waals surface area contributed by atoms with E-state index in [0.29, 0.717) is 0 Å². The molecule has 1 aromatic heterocycles. The molecule has 1 aliphatic rings. The molecule has 0 spiro atoms. The van der Waals surface area contributed by atoms with Crippen LogP contribution >= 0.6 is 0 Å². The molecule has 4 heteroatoms. The van der Waals surface area contributed by atoms with E-state index >= 15 is 0 Å². The van der Waals surface area contributed by atoms with Gasteiger partial charge in [0.1, 0.15) is 11.6 Å². The molecule has 1 aliphatic heterocycles. The molecule has 0 saturated carbocycles. The van der Waals surface area contributed by atoms with Gasteiger partial charge in [0.15, 0.2) is 0 Å². The van der Waals surface area contributed by atoms with Gasteiger partial charge in [-0.3, -0.25) is 9.78 Å². The molecule has 0 N–H and O–H groups in total. The quantitative estimate of drug-likeness (QED) is 0.807. The van der Waals surface area contributed by atoms with Crippen LogP contribution < -0.4 is 4.90 Å². The summed E-state index contributed by atoms with van der Waals surface area (Å²) in [6.07, 6.45) is 2.72. The predicted octanol–water partition coefficient (Wildman–Crippen LogP) is 2.05.